The topological polar surface area (TPSA) is 63.2 Å². The zero-order valence-corrected chi connectivity index (χ0v) is 12.9. The number of ether oxygens (including phenoxy) is 5. The highest BCUT2D eigenvalue weighted by atomic mass is 16.6. The molecule has 0 N–H and O–H groups in total. The lowest BCUT2D eigenvalue weighted by molar-refractivity contribution is -0.153. The van der Waals surface area contributed by atoms with Gasteiger partial charge in [0.15, 0.2) is 6.10 Å². The van der Waals surface area contributed by atoms with E-state index in [2.05, 4.69) is 11.7 Å². The van der Waals surface area contributed by atoms with Crippen molar-refractivity contribution >= 4 is 5.97 Å². The smallest absolute Gasteiger partial charge is 0.334 e. The zero-order chi connectivity index (χ0) is 15.1. The highest BCUT2D eigenvalue weighted by Gasteiger charge is 2.12. The molecule has 0 aromatic carbocycles. The van der Waals surface area contributed by atoms with Crippen molar-refractivity contribution in [2.75, 3.05) is 53.4 Å². The number of methoxy groups -OCH3 is 1. The summed E-state index contributed by atoms with van der Waals surface area (Å²) in [7, 11) is 1.34. The molecular weight excluding hydrogens is 264 g/mol. The summed E-state index contributed by atoms with van der Waals surface area (Å²) < 4.78 is 25.7. The molecule has 0 aliphatic carbocycles. The Balaban J connectivity index is 3.11. The molecule has 0 aromatic rings. The van der Waals surface area contributed by atoms with Crippen molar-refractivity contribution in [2.24, 2.45) is 0 Å². The largest absolute Gasteiger partial charge is 0.467 e. The number of carbonyl (C=O) groups excluding carboxylic acids is 1. The molecule has 0 rings (SSSR count). The maximum absolute atomic E-state index is 11.0. The monoisotopic (exact) mass is 292 g/mol. The summed E-state index contributed by atoms with van der Waals surface area (Å²) in [6.07, 6.45) is 1.68. The minimum Gasteiger partial charge on any atom is -0.467 e. The molecule has 1 atom stereocenters. The Kier molecular flexibility index (Phi) is 14.2. The van der Waals surface area contributed by atoms with E-state index in [0.717, 1.165) is 19.4 Å². The molecular formula is C14H28O6. The summed E-state index contributed by atoms with van der Waals surface area (Å²) in [5.41, 5.74) is 0. The van der Waals surface area contributed by atoms with Crippen LogP contribution in [-0.2, 0) is 28.5 Å². The quantitative estimate of drug-likeness (QED) is 0.356. The van der Waals surface area contributed by atoms with Crippen LogP contribution < -0.4 is 0 Å². The second kappa shape index (κ2) is 14.7. The van der Waals surface area contributed by atoms with Crippen molar-refractivity contribution in [3.63, 3.8) is 0 Å². The lowest BCUT2D eigenvalue weighted by Crippen LogP contribution is -2.24. The van der Waals surface area contributed by atoms with Crippen LogP contribution in [-0.4, -0.2) is 65.4 Å². The van der Waals surface area contributed by atoms with E-state index in [1.54, 1.807) is 6.92 Å². The number of hydrogen-bond donors (Lipinski definition) is 0. The third-order valence-corrected chi connectivity index (χ3v) is 2.51. The van der Waals surface area contributed by atoms with Crippen LogP contribution in [0.1, 0.15) is 26.7 Å². The Hall–Kier alpha value is -0.690. The molecule has 0 saturated carbocycles. The lowest BCUT2D eigenvalue weighted by atomic mass is 10.4. The molecule has 6 heteroatoms. The van der Waals surface area contributed by atoms with Crippen molar-refractivity contribution in [3.05, 3.63) is 0 Å². The van der Waals surface area contributed by atoms with E-state index in [-0.39, 0.29) is 5.97 Å². The van der Waals surface area contributed by atoms with Gasteiger partial charge in [0.2, 0.25) is 0 Å². The van der Waals surface area contributed by atoms with Crippen molar-refractivity contribution in [1.82, 2.24) is 0 Å². The minimum absolute atomic E-state index is 0.358. The van der Waals surface area contributed by atoms with Gasteiger partial charge in [-0.05, 0) is 13.3 Å². The summed E-state index contributed by atoms with van der Waals surface area (Å²) in [6.45, 7) is 7.61. The summed E-state index contributed by atoms with van der Waals surface area (Å²) in [5.74, 6) is -0.378. The molecule has 0 aliphatic heterocycles. The van der Waals surface area contributed by atoms with E-state index in [0.29, 0.717) is 39.6 Å². The fourth-order valence-corrected chi connectivity index (χ4v) is 1.31. The van der Waals surface area contributed by atoms with Crippen LogP contribution in [0.25, 0.3) is 0 Å². The average Bonchev–Trinajstić information content (AvgIpc) is 2.47. The van der Waals surface area contributed by atoms with E-state index in [1.165, 1.54) is 7.11 Å². The zero-order valence-electron chi connectivity index (χ0n) is 12.9. The molecule has 0 aromatic heterocycles. The van der Waals surface area contributed by atoms with Gasteiger partial charge >= 0.3 is 5.97 Å². The van der Waals surface area contributed by atoms with E-state index < -0.39 is 6.10 Å². The molecule has 0 saturated heterocycles. The Morgan fingerprint density at radius 1 is 0.900 bits per heavy atom. The SMILES string of the molecule is CCCCOCCOCCOCCOC(C)C(=O)OC. The molecule has 0 fully saturated rings. The van der Waals surface area contributed by atoms with E-state index in [4.69, 9.17) is 18.9 Å². The minimum atomic E-state index is -0.555. The van der Waals surface area contributed by atoms with Crippen LogP contribution in [0.3, 0.4) is 0 Å². The Bertz CT molecular complexity index is 222. The third-order valence-electron chi connectivity index (χ3n) is 2.51. The van der Waals surface area contributed by atoms with Gasteiger partial charge in [-0.2, -0.15) is 0 Å². The van der Waals surface area contributed by atoms with Gasteiger partial charge in [0.1, 0.15) is 0 Å². The predicted molar refractivity (Wildman–Crippen MR) is 74.8 cm³/mol. The van der Waals surface area contributed by atoms with Gasteiger partial charge in [-0.1, -0.05) is 13.3 Å². The van der Waals surface area contributed by atoms with Gasteiger partial charge in [0.25, 0.3) is 0 Å². The average molecular weight is 292 g/mol. The van der Waals surface area contributed by atoms with Crippen molar-refractivity contribution in [1.29, 1.82) is 0 Å². The second-order valence-electron chi connectivity index (χ2n) is 4.23. The van der Waals surface area contributed by atoms with Crippen molar-refractivity contribution in [3.8, 4) is 0 Å². The highest BCUT2D eigenvalue weighted by molar-refractivity contribution is 5.73. The van der Waals surface area contributed by atoms with Crippen LogP contribution in [0.5, 0.6) is 0 Å². The summed E-state index contributed by atoms with van der Waals surface area (Å²) in [5, 5.41) is 0. The van der Waals surface area contributed by atoms with E-state index in [9.17, 15) is 4.79 Å². The maximum atomic E-state index is 11.0. The molecule has 0 amide bonds. The molecule has 0 spiro atoms. The number of esters is 1. The maximum Gasteiger partial charge on any atom is 0.334 e. The van der Waals surface area contributed by atoms with Crippen LogP contribution in [0, 0.1) is 0 Å². The number of unbranched alkanes of at least 4 members (excludes halogenated alkanes) is 1. The molecule has 20 heavy (non-hydrogen) atoms. The van der Waals surface area contributed by atoms with Gasteiger partial charge in [-0.25, -0.2) is 4.79 Å². The molecule has 0 bridgehead atoms. The van der Waals surface area contributed by atoms with E-state index >= 15 is 0 Å². The van der Waals surface area contributed by atoms with Crippen LogP contribution in [0.2, 0.25) is 0 Å². The van der Waals surface area contributed by atoms with Gasteiger partial charge in [-0.15, -0.1) is 0 Å². The number of hydrogen-bond acceptors (Lipinski definition) is 6. The first kappa shape index (κ1) is 19.3. The third kappa shape index (κ3) is 12.3. The van der Waals surface area contributed by atoms with Crippen molar-refractivity contribution in [2.45, 2.75) is 32.8 Å². The number of carbonyl (C=O) groups is 1. The fourth-order valence-electron chi connectivity index (χ4n) is 1.31. The van der Waals surface area contributed by atoms with Crippen LogP contribution >= 0.6 is 0 Å². The first-order chi connectivity index (χ1) is 9.72. The van der Waals surface area contributed by atoms with Gasteiger partial charge in [0, 0.05) is 6.61 Å². The van der Waals surface area contributed by atoms with Crippen LogP contribution in [0.15, 0.2) is 0 Å². The normalized spacial score (nSPS) is 12.3. The number of rotatable bonds is 14. The standard InChI is InChI=1S/C14H28O6/c1-4-5-6-17-7-8-18-9-10-19-11-12-20-13(2)14(15)16-3/h13H,4-12H2,1-3H3. The van der Waals surface area contributed by atoms with Gasteiger partial charge < -0.3 is 23.7 Å². The molecule has 0 aliphatic rings. The Morgan fingerprint density at radius 2 is 1.40 bits per heavy atom. The van der Waals surface area contributed by atoms with Gasteiger partial charge in [-0.3, -0.25) is 0 Å². The molecule has 6 nitrogen and oxygen atoms in total. The van der Waals surface area contributed by atoms with Crippen molar-refractivity contribution < 1.29 is 28.5 Å². The molecule has 0 heterocycles. The second-order valence-corrected chi connectivity index (χ2v) is 4.23. The lowest BCUT2D eigenvalue weighted by Gasteiger charge is -2.11. The molecule has 1 unspecified atom stereocenters. The summed E-state index contributed by atoms with van der Waals surface area (Å²) in [6, 6.07) is 0. The molecule has 120 valence electrons. The first-order valence-corrected chi connectivity index (χ1v) is 7.15. The Labute approximate surface area is 121 Å². The van der Waals surface area contributed by atoms with E-state index in [1.807, 2.05) is 0 Å². The fraction of sp³-hybridized carbons (Fsp3) is 0.929. The first-order valence-electron chi connectivity index (χ1n) is 7.15. The summed E-state index contributed by atoms with van der Waals surface area (Å²) in [4.78, 5) is 11.0. The summed E-state index contributed by atoms with van der Waals surface area (Å²) >= 11 is 0. The predicted octanol–water partition coefficient (Wildman–Crippen LogP) is 1.41. The highest BCUT2D eigenvalue weighted by Crippen LogP contribution is 1.93. The van der Waals surface area contributed by atoms with Crippen LogP contribution in [0.4, 0.5) is 0 Å². The molecule has 0 radical (unpaired) electrons. The van der Waals surface area contributed by atoms with Gasteiger partial charge in [0.05, 0.1) is 46.8 Å². The Morgan fingerprint density at radius 3 is 1.90 bits per heavy atom.